The summed E-state index contributed by atoms with van der Waals surface area (Å²) in [5, 5.41) is 4.58. The van der Waals surface area contributed by atoms with Crippen LogP contribution in [0.25, 0.3) is 0 Å². The molecule has 0 bridgehead atoms. The van der Waals surface area contributed by atoms with Gasteiger partial charge in [-0.3, -0.25) is 0 Å². The van der Waals surface area contributed by atoms with Crippen molar-refractivity contribution in [3.05, 3.63) is 11.5 Å². The number of thioether (sulfide) groups is 1. The molecule has 1 unspecified atom stereocenters. The van der Waals surface area contributed by atoms with Gasteiger partial charge in [-0.25, -0.2) is 4.98 Å². The van der Waals surface area contributed by atoms with E-state index in [0.717, 1.165) is 29.8 Å². The molecule has 0 spiro atoms. The third kappa shape index (κ3) is 3.35. The zero-order chi connectivity index (χ0) is 10.6. The molecule has 1 aromatic heterocycles. The summed E-state index contributed by atoms with van der Waals surface area (Å²) in [6, 6.07) is 0. The quantitative estimate of drug-likeness (QED) is 0.764. The maximum atomic E-state index is 5.49. The first-order valence-electron chi connectivity index (χ1n) is 4.95. The molecule has 0 fully saturated rings. The van der Waals surface area contributed by atoms with Crippen molar-refractivity contribution in [3.63, 3.8) is 0 Å². The highest BCUT2D eigenvalue weighted by Gasteiger charge is 2.10. The molecule has 1 aromatic rings. The predicted octanol–water partition coefficient (Wildman–Crippen LogP) is 2.38. The van der Waals surface area contributed by atoms with Gasteiger partial charge in [-0.15, -0.1) is 0 Å². The zero-order valence-corrected chi connectivity index (χ0v) is 10.1. The van der Waals surface area contributed by atoms with E-state index < -0.39 is 0 Å². The lowest BCUT2D eigenvalue weighted by Crippen LogP contribution is -2.22. The van der Waals surface area contributed by atoms with Gasteiger partial charge in [0.1, 0.15) is 5.76 Å². The zero-order valence-electron chi connectivity index (χ0n) is 9.26. The van der Waals surface area contributed by atoms with Crippen molar-refractivity contribution < 1.29 is 4.42 Å². The average molecular weight is 214 g/mol. The number of nitrogens with one attached hydrogen (secondary N) is 1. The Bertz CT molecular complexity index is 266. The molecule has 0 saturated carbocycles. The minimum absolute atomic E-state index is 0.493. The van der Waals surface area contributed by atoms with Gasteiger partial charge < -0.3 is 9.73 Å². The highest BCUT2D eigenvalue weighted by molar-refractivity contribution is 7.99. The van der Waals surface area contributed by atoms with Crippen molar-refractivity contribution in [3.8, 4) is 0 Å². The molecule has 1 rings (SSSR count). The van der Waals surface area contributed by atoms with Crippen LogP contribution in [0.4, 0.5) is 0 Å². The lowest BCUT2D eigenvalue weighted by molar-refractivity contribution is 0.430. The van der Waals surface area contributed by atoms with Crippen LogP contribution in [0.1, 0.15) is 25.3 Å². The Morgan fingerprint density at radius 1 is 1.50 bits per heavy atom. The molecule has 0 aliphatic rings. The Morgan fingerprint density at radius 3 is 2.71 bits per heavy atom. The Kier molecular flexibility index (Phi) is 4.48. The number of aryl methyl sites for hydroxylation is 2. The van der Waals surface area contributed by atoms with Gasteiger partial charge in [-0.1, -0.05) is 25.6 Å². The van der Waals surface area contributed by atoms with Gasteiger partial charge in [0, 0.05) is 11.8 Å². The summed E-state index contributed by atoms with van der Waals surface area (Å²) in [5.74, 6) is 0.920. The topological polar surface area (TPSA) is 38.1 Å². The SMILES string of the molecule is CCNCC(C)Sc1nc(C)c(C)o1. The number of nitrogens with zero attached hydrogens (tertiary/aromatic N) is 1. The molecule has 0 aliphatic heterocycles. The van der Waals surface area contributed by atoms with Crippen molar-refractivity contribution in [1.82, 2.24) is 10.3 Å². The molecule has 1 heterocycles. The predicted molar refractivity (Wildman–Crippen MR) is 59.8 cm³/mol. The van der Waals surface area contributed by atoms with Gasteiger partial charge in [0.2, 0.25) is 0 Å². The first kappa shape index (κ1) is 11.6. The molecule has 0 aromatic carbocycles. The summed E-state index contributed by atoms with van der Waals surface area (Å²) in [5.41, 5.74) is 0.989. The second kappa shape index (κ2) is 5.41. The van der Waals surface area contributed by atoms with Gasteiger partial charge in [0.25, 0.3) is 5.22 Å². The minimum atomic E-state index is 0.493. The van der Waals surface area contributed by atoms with E-state index >= 15 is 0 Å². The Labute approximate surface area is 89.7 Å². The summed E-state index contributed by atoms with van der Waals surface area (Å²) in [6.45, 7) is 10.2. The van der Waals surface area contributed by atoms with Crippen LogP contribution >= 0.6 is 11.8 Å². The fraction of sp³-hybridized carbons (Fsp3) is 0.700. The summed E-state index contributed by atoms with van der Waals surface area (Å²) >= 11 is 1.68. The smallest absolute Gasteiger partial charge is 0.256 e. The third-order valence-corrected chi connectivity index (χ3v) is 2.94. The van der Waals surface area contributed by atoms with Crippen LogP contribution in [0, 0.1) is 13.8 Å². The van der Waals surface area contributed by atoms with E-state index in [4.69, 9.17) is 4.42 Å². The van der Waals surface area contributed by atoms with Gasteiger partial charge >= 0.3 is 0 Å². The molecule has 0 aliphatic carbocycles. The van der Waals surface area contributed by atoms with E-state index in [0.29, 0.717) is 5.25 Å². The summed E-state index contributed by atoms with van der Waals surface area (Å²) in [4.78, 5) is 4.33. The fourth-order valence-corrected chi connectivity index (χ4v) is 1.96. The molecule has 0 amide bonds. The number of oxazole rings is 1. The monoisotopic (exact) mass is 214 g/mol. The van der Waals surface area contributed by atoms with Gasteiger partial charge in [-0.2, -0.15) is 0 Å². The van der Waals surface area contributed by atoms with Crippen LogP contribution in [-0.4, -0.2) is 23.3 Å². The maximum absolute atomic E-state index is 5.49. The molecule has 14 heavy (non-hydrogen) atoms. The number of rotatable bonds is 5. The first-order valence-corrected chi connectivity index (χ1v) is 5.82. The second-order valence-electron chi connectivity index (χ2n) is 3.36. The standard InChI is InChI=1S/C10H18N2OS/c1-5-11-6-7(2)14-10-12-8(3)9(4)13-10/h7,11H,5-6H2,1-4H3. The van der Waals surface area contributed by atoms with E-state index in [1.807, 2.05) is 13.8 Å². The Hall–Kier alpha value is -0.480. The van der Waals surface area contributed by atoms with Crippen LogP contribution in [-0.2, 0) is 0 Å². The van der Waals surface area contributed by atoms with E-state index in [-0.39, 0.29) is 0 Å². The minimum Gasteiger partial charge on any atom is -0.437 e. The van der Waals surface area contributed by atoms with Crippen molar-refractivity contribution in [1.29, 1.82) is 0 Å². The molecular formula is C10H18N2OS. The van der Waals surface area contributed by atoms with Crippen LogP contribution in [0.3, 0.4) is 0 Å². The van der Waals surface area contributed by atoms with Gasteiger partial charge in [0.15, 0.2) is 0 Å². The lowest BCUT2D eigenvalue weighted by Gasteiger charge is -2.07. The average Bonchev–Trinajstić information content (AvgIpc) is 2.42. The summed E-state index contributed by atoms with van der Waals surface area (Å²) < 4.78 is 5.49. The van der Waals surface area contributed by atoms with Crippen LogP contribution < -0.4 is 5.32 Å². The fourth-order valence-electron chi connectivity index (χ4n) is 1.06. The van der Waals surface area contributed by atoms with Crippen molar-refractivity contribution in [2.24, 2.45) is 0 Å². The third-order valence-electron chi connectivity index (χ3n) is 1.99. The van der Waals surface area contributed by atoms with E-state index in [2.05, 4.69) is 24.1 Å². The normalized spacial score (nSPS) is 13.1. The summed E-state index contributed by atoms with van der Waals surface area (Å²) in [6.07, 6.45) is 0. The highest BCUT2D eigenvalue weighted by atomic mass is 32.2. The molecule has 1 N–H and O–H groups in total. The molecule has 0 radical (unpaired) electrons. The summed E-state index contributed by atoms with van der Waals surface area (Å²) in [7, 11) is 0. The highest BCUT2D eigenvalue weighted by Crippen LogP contribution is 2.23. The van der Waals surface area contributed by atoms with Gasteiger partial charge in [0.05, 0.1) is 5.69 Å². The van der Waals surface area contributed by atoms with Crippen molar-refractivity contribution in [2.75, 3.05) is 13.1 Å². The van der Waals surface area contributed by atoms with Crippen LogP contribution in [0.5, 0.6) is 0 Å². The maximum Gasteiger partial charge on any atom is 0.256 e. The van der Waals surface area contributed by atoms with Gasteiger partial charge in [-0.05, 0) is 20.4 Å². The molecule has 3 nitrogen and oxygen atoms in total. The molecule has 1 atom stereocenters. The van der Waals surface area contributed by atoms with Crippen molar-refractivity contribution in [2.45, 2.75) is 38.2 Å². The lowest BCUT2D eigenvalue weighted by atomic mass is 10.4. The number of hydrogen-bond acceptors (Lipinski definition) is 4. The second-order valence-corrected chi connectivity index (χ2v) is 4.75. The largest absolute Gasteiger partial charge is 0.437 e. The molecular weight excluding hydrogens is 196 g/mol. The Morgan fingerprint density at radius 2 is 2.21 bits per heavy atom. The molecule has 80 valence electrons. The molecule has 0 saturated heterocycles. The van der Waals surface area contributed by atoms with E-state index in [1.54, 1.807) is 11.8 Å². The number of aromatic nitrogens is 1. The first-order chi connectivity index (χ1) is 6.63. The molecule has 4 heteroatoms. The van der Waals surface area contributed by atoms with E-state index in [1.165, 1.54) is 0 Å². The van der Waals surface area contributed by atoms with Crippen LogP contribution in [0.15, 0.2) is 9.64 Å². The number of hydrogen-bond donors (Lipinski definition) is 1. The van der Waals surface area contributed by atoms with Crippen LogP contribution in [0.2, 0.25) is 0 Å². The van der Waals surface area contributed by atoms with Crippen molar-refractivity contribution >= 4 is 11.8 Å². The Balaban J connectivity index is 2.43. The van der Waals surface area contributed by atoms with E-state index in [9.17, 15) is 0 Å².